The molecule has 0 unspecified atom stereocenters. The van der Waals surface area contributed by atoms with Crippen LogP contribution in [0.5, 0.6) is 5.75 Å². The van der Waals surface area contributed by atoms with Gasteiger partial charge in [0.05, 0.1) is 0 Å². The van der Waals surface area contributed by atoms with E-state index in [0.717, 1.165) is 16.5 Å². The van der Waals surface area contributed by atoms with Gasteiger partial charge in [0.1, 0.15) is 17.6 Å². The van der Waals surface area contributed by atoms with Gasteiger partial charge < -0.3 is 9.27 Å². The Morgan fingerprint density at radius 1 is 1.00 bits per heavy atom. The van der Waals surface area contributed by atoms with Crippen LogP contribution in [0.2, 0.25) is 0 Å². The van der Waals surface area contributed by atoms with Crippen LogP contribution in [0.25, 0.3) is 22.0 Å². The Hall–Kier alpha value is -1.93. The number of rotatable bonds is 2. The highest BCUT2D eigenvalue weighted by Gasteiger charge is 2.06. The van der Waals surface area contributed by atoms with E-state index < -0.39 is 0 Å². The molecule has 0 aliphatic rings. The molecule has 1 N–H and O–H groups in total. The fraction of sp³-hybridized carbons (Fsp3) is 0. The highest BCUT2D eigenvalue weighted by atomic mass is 35.5. The summed E-state index contributed by atoms with van der Waals surface area (Å²) in [4.78, 5) is 3.24. The van der Waals surface area contributed by atoms with Gasteiger partial charge in [0.15, 0.2) is 0 Å². The predicted octanol–water partition coefficient (Wildman–Crippen LogP) is 4.37. The SMILES string of the molecule is ClOc1ccc2[nH]cc(-c3ccccc3)c2c1. The summed E-state index contributed by atoms with van der Waals surface area (Å²) in [5, 5.41) is 1.11. The van der Waals surface area contributed by atoms with Crippen molar-refractivity contribution in [1.29, 1.82) is 0 Å². The second-order valence-electron chi connectivity index (χ2n) is 3.85. The van der Waals surface area contributed by atoms with E-state index in [1.807, 2.05) is 42.6 Å². The van der Waals surface area contributed by atoms with Gasteiger partial charge in [-0.25, -0.2) is 0 Å². The molecule has 0 fully saturated rings. The molecule has 3 heteroatoms. The van der Waals surface area contributed by atoms with E-state index in [0.29, 0.717) is 5.75 Å². The van der Waals surface area contributed by atoms with Crippen molar-refractivity contribution in [3.63, 3.8) is 0 Å². The molecule has 0 saturated carbocycles. The molecule has 0 amide bonds. The van der Waals surface area contributed by atoms with Crippen molar-refractivity contribution in [2.45, 2.75) is 0 Å². The quantitative estimate of drug-likeness (QED) is 0.710. The lowest BCUT2D eigenvalue weighted by Crippen LogP contribution is -1.77. The lowest BCUT2D eigenvalue weighted by Gasteiger charge is -2.00. The topological polar surface area (TPSA) is 25.0 Å². The number of fused-ring (bicyclic) bond motifs is 1. The molecule has 17 heavy (non-hydrogen) atoms. The van der Waals surface area contributed by atoms with Gasteiger partial charge in [-0.15, -0.1) is 0 Å². The van der Waals surface area contributed by atoms with Crippen LogP contribution < -0.4 is 4.29 Å². The first kappa shape index (κ1) is 10.2. The van der Waals surface area contributed by atoms with Crippen LogP contribution in [-0.4, -0.2) is 4.98 Å². The van der Waals surface area contributed by atoms with Crippen LogP contribution >= 0.6 is 11.9 Å². The smallest absolute Gasteiger partial charge is 0.147 e. The first-order chi connectivity index (χ1) is 8.38. The van der Waals surface area contributed by atoms with E-state index in [1.165, 1.54) is 5.56 Å². The Kier molecular flexibility index (Phi) is 2.50. The van der Waals surface area contributed by atoms with Gasteiger partial charge in [0.2, 0.25) is 0 Å². The molecular formula is C14H10ClNO. The van der Waals surface area contributed by atoms with Crippen LogP contribution in [0.15, 0.2) is 54.7 Å². The van der Waals surface area contributed by atoms with Crippen LogP contribution in [0, 0.1) is 0 Å². The first-order valence-electron chi connectivity index (χ1n) is 5.33. The van der Waals surface area contributed by atoms with Gasteiger partial charge in [0, 0.05) is 22.7 Å². The van der Waals surface area contributed by atoms with Crippen molar-refractivity contribution in [2.75, 3.05) is 0 Å². The monoisotopic (exact) mass is 243 g/mol. The fourth-order valence-electron chi connectivity index (χ4n) is 2.00. The minimum Gasteiger partial charge on any atom is -0.386 e. The molecule has 2 nitrogen and oxygen atoms in total. The third kappa shape index (κ3) is 1.77. The van der Waals surface area contributed by atoms with Gasteiger partial charge in [-0.05, 0) is 23.8 Å². The Morgan fingerprint density at radius 3 is 2.59 bits per heavy atom. The molecule has 0 bridgehead atoms. The van der Waals surface area contributed by atoms with Crippen molar-refractivity contribution >= 4 is 22.8 Å². The van der Waals surface area contributed by atoms with Crippen molar-refractivity contribution < 1.29 is 4.29 Å². The Balaban J connectivity index is 2.23. The molecule has 0 radical (unpaired) electrons. The summed E-state index contributed by atoms with van der Waals surface area (Å²) in [7, 11) is 0. The molecule has 0 aliphatic heterocycles. The number of hydrogen-bond acceptors (Lipinski definition) is 1. The number of aromatic nitrogens is 1. The van der Waals surface area contributed by atoms with Crippen LogP contribution in [0.4, 0.5) is 0 Å². The summed E-state index contributed by atoms with van der Waals surface area (Å²) in [6.07, 6.45) is 2.00. The molecule has 84 valence electrons. The average Bonchev–Trinajstić information content (AvgIpc) is 2.82. The van der Waals surface area contributed by atoms with Gasteiger partial charge in [-0.2, -0.15) is 0 Å². The summed E-state index contributed by atoms with van der Waals surface area (Å²) in [5.74, 6) is 0.649. The van der Waals surface area contributed by atoms with E-state index in [2.05, 4.69) is 17.1 Å². The third-order valence-corrected chi connectivity index (χ3v) is 3.01. The predicted molar refractivity (Wildman–Crippen MR) is 70.2 cm³/mol. The van der Waals surface area contributed by atoms with Crippen molar-refractivity contribution in [3.05, 3.63) is 54.7 Å². The third-order valence-electron chi connectivity index (χ3n) is 2.83. The summed E-state index contributed by atoms with van der Waals surface area (Å²) < 4.78 is 4.74. The number of halogens is 1. The summed E-state index contributed by atoms with van der Waals surface area (Å²) in [6, 6.07) is 15.9. The van der Waals surface area contributed by atoms with Crippen molar-refractivity contribution in [1.82, 2.24) is 4.98 Å². The van der Waals surface area contributed by atoms with Crippen molar-refractivity contribution in [3.8, 4) is 16.9 Å². The number of aromatic amines is 1. The zero-order chi connectivity index (χ0) is 11.7. The van der Waals surface area contributed by atoms with E-state index in [-0.39, 0.29) is 0 Å². The molecule has 1 heterocycles. The number of benzene rings is 2. The molecule has 3 rings (SSSR count). The number of hydrogen-bond donors (Lipinski definition) is 1. The van der Waals surface area contributed by atoms with Gasteiger partial charge in [-0.3, -0.25) is 0 Å². The molecule has 0 atom stereocenters. The molecule has 1 aromatic heterocycles. The standard InChI is InChI=1S/C14H10ClNO/c15-17-11-6-7-14-12(8-11)13(9-16-14)10-4-2-1-3-5-10/h1-9,16H. The van der Waals surface area contributed by atoms with Crippen molar-refractivity contribution in [2.24, 2.45) is 0 Å². The highest BCUT2D eigenvalue weighted by Crippen LogP contribution is 2.31. The second-order valence-corrected chi connectivity index (χ2v) is 4.01. The van der Waals surface area contributed by atoms with E-state index in [9.17, 15) is 0 Å². The molecule has 3 aromatic rings. The first-order valence-corrected chi connectivity index (χ1v) is 5.64. The molecule has 0 saturated heterocycles. The average molecular weight is 244 g/mol. The lowest BCUT2D eigenvalue weighted by molar-refractivity contribution is 0.620. The van der Waals surface area contributed by atoms with Crippen LogP contribution in [-0.2, 0) is 0 Å². The maximum absolute atomic E-state index is 5.38. The Bertz CT molecular complexity index is 646. The van der Waals surface area contributed by atoms with E-state index in [1.54, 1.807) is 0 Å². The Morgan fingerprint density at radius 2 is 1.82 bits per heavy atom. The van der Waals surface area contributed by atoms with Gasteiger partial charge in [0.25, 0.3) is 0 Å². The maximum atomic E-state index is 5.38. The zero-order valence-corrected chi connectivity index (χ0v) is 9.74. The maximum Gasteiger partial charge on any atom is 0.147 e. The lowest BCUT2D eigenvalue weighted by atomic mass is 10.1. The van der Waals surface area contributed by atoms with Gasteiger partial charge >= 0.3 is 0 Å². The fourth-order valence-corrected chi connectivity index (χ4v) is 2.10. The van der Waals surface area contributed by atoms with Crippen LogP contribution in [0.3, 0.4) is 0 Å². The summed E-state index contributed by atoms with van der Waals surface area (Å²) in [6.45, 7) is 0. The molecule has 2 aromatic carbocycles. The van der Waals surface area contributed by atoms with Crippen LogP contribution in [0.1, 0.15) is 0 Å². The Labute approximate surface area is 104 Å². The molecular weight excluding hydrogens is 234 g/mol. The minimum absolute atomic E-state index is 0.649. The molecule has 0 aliphatic carbocycles. The second kappa shape index (κ2) is 4.15. The molecule has 0 spiro atoms. The minimum atomic E-state index is 0.649. The van der Waals surface area contributed by atoms with E-state index in [4.69, 9.17) is 16.2 Å². The number of H-pyrrole nitrogens is 1. The van der Waals surface area contributed by atoms with Gasteiger partial charge in [-0.1, -0.05) is 30.3 Å². The van der Waals surface area contributed by atoms with E-state index >= 15 is 0 Å². The highest BCUT2D eigenvalue weighted by molar-refractivity contribution is 6.09. The zero-order valence-electron chi connectivity index (χ0n) is 8.98. The normalized spacial score (nSPS) is 10.6. The summed E-state index contributed by atoms with van der Waals surface area (Å²) >= 11 is 5.38. The summed E-state index contributed by atoms with van der Waals surface area (Å²) in [5.41, 5.74) is 3.39. The number of nitrogens with one attached hydrogen (secondary N) is 1. The largest absolute Gasteiger partial charge is 0.386 e.